The van der Waals surface area contributed by atoms with Crippen LogP contribution in [0, 0.1) is 13.8 Å². The summed E-state index contributed by atoms with van der Waals surface area (Å²) in [6, 6.07) is 15.1. The minimum absolute atomic E-state index is 0.0512. The minimum atomic E-state index is -0.463. The van der Waals surface area contributed by atoms with E-state index in [-0.39, 0.29) is 11.8 Å². The van der Waals surface area contributed by atoms with E-state index in [2.05, 4.69) is 5.32 Å². The van der Waals surface area contributed by atoms with E-state index in [1.54, 1.807) is 11.0 Å². The van der Waals surface area contributed by atoms with Crippen molar-refractivity contribution in [3.8, 4) is 0 Å². The summed E-state index contributed by atoms with van der Waals surface area (Å²) in [6.07, 6.45) is 3.84. The standard InChI is InChI=1S/C21H22N2O2/c1-15-8-10-18(14-16(15)2)23-13-12-19(21(23)25)22-20(24)11-9-17-6-4-3-5-7-17/h3-11,14,19H,12-13H2,1-2H3,(H,22,24)/b11-9+/t19-/m1/s1. The van der Waals surface area contributed by atoms with E-state index in [1.165, 1.54) is 11.6 Å². The first-order valence-corrected chi connectivity index (χ1v) is 8.47. The molecular formula is C21H22N2O2. The summed E-state index contributed by atoms with van der Waals surface area (Å²) in [5.41, 5.74) is 4.20. The van der Waals surface area contributed by atoms with Gasteiger partial charge in [0.25, 0.3) is 0 Å². The molecule has 0 bridgehead atoms. The van der Waals surface area contributed by atoms with Crippen molar-refractivity contribution >= 4 is 23.6 Å². The molecule has 1 fully saturated rings. The van der Waals surface area contributed by atoms with Crippen LogP contribution in [0.25, 0.3) is 6.08 Å². The number of nitrogens with one attached hydrogen (secondary N) is 1. The Morgan fingerprint density at radius 1 is 1.12 bits per heavy atom. The second-order valence-corrected chi connectivity index (χ2v) is 6.35. The van der Waals surface area contributed by atoms with Crippen molar-refractivity contribution in [3.05, 3.63) is 71.3 Å². The SMILES string of the molecule is Cc1ccc(N2CC[C@@H](NC(=O)/C=C/c3ccccc3)C2=O)cc1C. The fourth-order valence-corrected chi connectivity index (χ4v) is 2.92. The van der Waals surface area contributed by atoms with Crippen LogP contribution in [0.3, 0.4) is 0 Å². The monoisotopic (exact) mass is 334 g/mol. The summed E-state index contributed by atoms with van der Waals surface area (Å²) in [4.78, 5) is 26.4. The molecule has 25 heavy (non-hydrogen) atoms. The maximum atomic E-state index is 12.6. The molecule has 0 saturated carbocycles. The highest BCUT2D eigenvalue weighted by atomic mass is 16.2. The van der Waals surface area contributed by atoms with Gasteiger partial charge in [0.05, 0.1) is 0 Å². The van der Waals surface area contributed by atoms with Gasteiger partial charge in [0.2, 0.25) is 11.8 Å². The summed E-state index contributed by atoms with van der Waals surface area (Å²) in [5, 5.41) is 2.81. The molecule has 1 heterocycles. The second-order valence-electron chi connectivity index (χ2n) is 6.35. The quantitative estimate of drug-likeness (QED) is 0.873. The third-order valence-electron chi connectivity index (χ3n) is 4.55. The van der Waals surface area contributed by atoms with Crippen molar-refractivity contribution < 1.29 is 9.59 Å². The lowest BCUT2D eigenvalue weighted by Gasteiger charge is -2.18. The predicted octanol–water partition coefficient (Wildman–Crippen LogP) is 3.24. The van der Waals surface area contributed by atoms with Crippen LogP contribution in [-0.2, 0) is 9.59 Å². The van der Waals surface area contributed by atoms with Gasteiger partial charge in [-0.1, -0.05) is 36.4 Å². The highest BCUT2D eigenvalue weighted by Crippen LogP contribution is 2.24. The lowest BCUT2D eigenvalue weighted by Crippen LogP contribution is -2.40. The van der Waals surface area contributed by atoms with Gasteiger partial charge in [-0.15, -0.1) is 0 Å². The molecule has 2 aromatic rings. The maximum Gasteiger partial charge on any atom is 0.249 e. The minimum Gasteiger partial charge on any atom is -0.341 e. The topological polar surface area (TPSA) is 49.4 Å². The molecule has 2 aromatic carbocycles. The third kappa shape index (κ3) is 3.97. The van der Waals surface area contributed by atoms with Gasteiger partial charge < -0.3 is 10.2 Å². The number of amides is 2. The fourth-order valence-electron chi connectivity index (χ4n) is 2.92. The van der Waals surface area contributed by atoms with Gasteiger partial charge in [-0.2, -0.15) is 0 Å². The second kappa shape index (κ2) is 7.34. The Labute approximate surface area is 148 Å². The Kier molecular flexibility index (Phi) is 4.98. The van der Waals surface area contributed by atoms with E-state index in [1.807, 2.05) is 62.4 Å². The van der Waals surface area contributed by atoms with E-state index in [4.69, 9.17) is 0 Å². The Morgan fingerprint density at radius 3 is 2.60 bits per heavy atom. The molecule has 0 aromatic heterocycles. The van der Waals surface area contributed by atoms with Gasteiger partial charge in [0.1, 0.15) is 6.04 Å². The molecule has 1 atom stereocenters. The van der Waals surface area contributed by atoms with Gasteiger partial charge in [0, 0.05) is 18.3 Å². The van der Waals surface area contributed by atoms with Crippen molar-refractivity contribution in [2.45, 2.75) is 26.3 Å². The Balaban J connectivity index is 1.63. The van der Waals surface area contributed by atoms with Crippen molar-refractivity contribution in [2.75, 3.05) is 11.4 Å². The van der Waals surface area contributed by atoms with Crippen LogP contribution < -0.4 is 10.2 Å². The van der Waals surface area contributed by atoms with E-state index < -0.39 is 6.04 Å². The molecule has 0 radical (unpaired) electrons. The van der Waals surface area contributed by atoms with Crippen LogP contribution >= 0.6 is 0 Å². The van der Waals surface area contributed by atoms with Crippen LogP contribution in [-0.4, -0.2) is 24.4 Å². The van der Waals surface area contributed by atoms with E-state index >= 15 is 0 Å². The van der Waals surface area contributed by atoms with Crippen molar-refractivity contribution in [2.24, 2.45) is 0 Å². The van der Waals surface area contributed by atoms with Crippen LogP contribution in [0.15, 0.2) is 54.6 Å². The van der Waals surface area contributed by atoms with Crippen LogP contribution in [0.2, 0.25) is 0 Å². The number of hydrogen-bond donors (Lipinski definition) is 1. The highest BCUT2D eigenvalue weighted by Gasteiger charge is 2.33. The van der Waals surface area contributed by atoms with Crippen molar-refractivity contribution in [3.63, 3.8) is 0 Å². The Morgan fingerprint density at radius 2 is 1.88 bits per heavy atom. The molecule has 1 aliphatic heterocycles. The molecular weight excluding hydrogens is 312 g/mol. The van der Waals surface area contributed by atoms with Gasteiger partial charge in [-0.3, -0.25) is 9.59 Å². The smallest absolute Gasteiger partial charge is 0.249 e. The van der Waals surface area contributed by atoms with E-state index in [0.717, 1.165) is 16.8 Å². The largest absolute Gasteiger partial charge is 0.341 e. The number of aryl methyl sites for hydroxylation is 2. The first kappa shape index (κ1) is 17.0. The average Bonchev–Trinajstić information content (AvgIpc) is 2.97. The van der Waals surface area contributed by atoms with Gasteiger partial charge in [0.15, 0.2) is 0 Å². The zero-order valence-electron chi connectivity index (χ0n) is 14.5. The molecule has 0 unspecified atom stereocenters. The number of carbonyl (C=O) groups excluding carboxylic acids is 2. The van der Waals surface area contributed by atoms with Gasteiger partial charge in [-0.25, -0.2) is 0 Å². The Hall–Kier alpha value is -2.88. The van der Waals surface area contributed by atoms with Crippen LogP contribution in [0.1, 0.15) is 23.1 Å². The molecule has 128 valence electrons. The third-order valence-corrected chi connectivity index (χ3v) is 4.55. The van der Waals surface area contributed by atoms with Crippen LogP contribution in [0.5, 0.6) is 0 Å². The van der Waals surface area contributed by atoms with Crippen molar-refractivity contribution in [1.82, 2.24) is 5.32 Å². The summed E-state index contributed by atoms with van der Waals surface area (Å²) >= 11 is 0. The van der Waals surface area contributed by atoms with Gasteiger partial charge >= 0.3 is 0 Å². The first-order chi connectivity index (χ1) is 12.0. The first-order valence-electron chi connectivity index (χ1n) is 8.47. The lowest BCUT2D eigenvalue weighted by atomic mass is 10.1. The number of hydrogen-bond acceptors (Lipinski definition) is 2. The summed E-state index contributed by atoms with van der Waals surface area (Å²) < 4.78 is 0. The average molecular weight is 334 g/mol. The van der Waals surface area contributed by atoms with Crippen LogP contribution in [0.4, 0.5) is 5.69 Å². The zero-order valence-corrected chi connectivity index (χ0v) is 14.5. The maximum absolute atomic E-state index is 12.6. The molecule has 2 amide bonds. The zero-order chi connectivity index (χ0) is 17.8. The molecule has 4 nitrogen and oxygen atoms in total. The summed E-state index contributed by atoms with van der Waals surface area (Å²) in [7, 11) is 0. The van der Waals surface area contributed by atoms with Crippen molar-refractivity contribution in [1.29, 1.82) is 0 Å². The van der Waals surface area contributed by atoms with E-state index in [0.29, 0.717) is 13.0 Å². The number of rotatable bonds is 4. The van der Waals surface area contributed by atoms with E-state index in [9.17, 15) is 9.59 Å². The molecule has 0 spiro atoms. The normalized spacial score (nSPS) is 17.3. The summed E-state index contributed by atoms with van der Waals surface area (Å²) in [6.45, 7) is 4.70. The fraction of sp³-hybridized carbons (Fsp3) is 0.238. The Bertz CT molecular complexity index is 812. The molecule has 3 rings (SSSR count). The molecule has 1 aliphatic rings. The predicted molar refractivity (Wildman–Crippen MR) is 100 cm³/mol. The molecule has 4 heteroatoms. The number of benzene rings is 2. The number of anilines is 1. The lowest BCUT2D eigenvalue weighted by molar-refractivity contribution is -0.123. The number of carbonyl (C=O) groups is 2. The molecule has 1 N–H and O–H groups in total. The number of nitrogens with zero attached hydrogens (tertiary/aromatic N) is 1. The van der Waals surface area contributed by atoms with Gasteiger partial charge in [-0.05, 0) is 55.2 Å². The highest BCUT2D eigenvalue weighted by molar-refractivity contribution is 6.03. The molecule has 1 saturated heterocycles. The molecule has 0 aliphatic carbocycles. The summed E-state index contributed by atoms with van der Waals surface area (Å²) in [5.74, 6) is -0.297.